The van der Waals surface area contributed by atoms with Crippen molar-refractivity contribution in [3.63, 3.8) is 0 Å². The third-order valence-corrected chi connectivity index (χ3v) is 2.02. The largest absolute Gasteiger partial charge is 0.394 e. The van der Waals surface area contributed by atoms with Crippen LogP contribution in [0.5, 0.6) is 0 Å². The van der Waals surface area contributed by atoms with Gasteiger partial charge in [-0.05, 0) is 20.3 Å². The van der Waals surface area contributed by atoms with Crippen molar-refractivity contribution in [3.8, 4) is 0 Å². The summed E-state index contributed by atoms with van der Waals surface area (Å²) in [5.74, 6) is 0.841. The van der Waals surface area contributed by atoms with Crippen molar-refractivity contribution in [3.05, 3.63) is 6.20 Å². The van der Waals surface area contributed by atoms with Crippen molar-refractivity contribution in [1.29, 1.82) is 0 Å². The van der Waals surface area contributed by atoms with E-state index in [0.717, 1.165) is 12.4 Å². The first-order valence-corrected chi connectivity index (χ1v) is 4.88. The Morgan fingerprint density at radius 3 is 3.00 bits per heavy atom. The van der Waals surface area contributed by atoms with Crippen LogP contribution in [0.2, 0.25) is 0 Å². The molecule has 0 fully saturated rings. The Morgan fingerprint density at radius 2 is 2.43 bits per heavy atom. The highest BCUT2D eigenvalue weighted by Crippen LogP contribution is 2.16. The van der Waals surface area contributed by atoms with Gasteiger partial charge < -0.3 is 16.2 Å². The van der Waals surface area contributed by atoms with E-state index in [0.29, 0.717) is 18.7 Å². The molecule has 4 N–H and O–H groups in total. The molecule has 80 valence electrons. The van der Waals surface area contributed by atoms with Crippen LogP contribution in [0.15, 0.2) is 6.20 Å². The molecule has 0 radical (unpaired) electrons. The van der Waals surface area contributed by atoms with Gasteiger partial charge in [-0.15, -0.1) is 0 Å². The maximum Gasteiger partial charge on any atom is 0.147 e. The van der Waals surface area contributed by atoms with Crippen LogP contribution in [0.3, 0.4) is 0 Å². The number of aryl methyl sites for hydroxylation is 1. The number of anilines is 2. The minimum Gasteiger partial charge on any atom is -0.394 e. The standard InChI is InChI=1S/C9H18N4O/c1-3-13-9(8(10)6-12-13)11-5-4-7(2)14/h6-7,11,14H,3-5,10H2,1-2H3. The molecular formula is C9H18N4O. The van der Waals surface area contributed by atoms with Gasteiger partial charge in [-0.3, -0.25) is 0 Å². The smallest absolute Gasteiger partial charge is 0.147 e. The van der Waals surface area contributed by atoms with Gasteiger partial charge in [-0.2, -0.15) is 5.10 Å². The lowest BCUT2D eigenvalue weighted by molar-refractivity contribution is 0.188. The first-order valence-electron chi connectivity index (χ1n) is 4.88. The molecule has 1 aromatic heterocycles. The fourth-order valence-electron chi connectivity index (χ4n) is 1.23. The zero-order valence-electron chi connectivity index (χ0n) is 8.70. The molecule has 0 bridgehead atoms. The van der Waals surface area contributed by atoms with Gasteiger partial charge in [0.2, 0.25) is 0 Å². The van der Waals surface area contributed by atoms with Gasteiger partial charge in [0, 0.05) is 13.1 Å². The first kappa shape index (κ1) is 10.8. The molecule has 1 atom stereocenters. The number of aromatic nitrogens is 2. The zero-order chi connectivity index (χ0) is 10.6. The lowest BCUT2D eigenvalue weighted by atomic mass is 10.3. The summed E-state index contributed by atoms with van der Waals surface area (Å²) in [5, 5.41) is 16.3. The normalized spacial score (nSPS) is 12.8. The molecule has 1 rings (SSSR count). The van der Waals surface area contributed by atoms with Crippen LogP contribution in [0, 0.1) is 0 Å². The van der Waals surface area contributed by atoms with Crippen LogP contribution in [-0.2, 0) is 6.54 Å². The fraction of sp³-hybridized carbons (Fsp3) is 0.667. The van der Waals surface area contributed by atoms with Crippen molar-refractivity contribution >= 4 is 11.5 Å². The van der Waals surface area contributed by atoms with Gasteiger partial charge in [0.05, 0.1) is 18.0 Å². The molecule has 14 heavy (non-hydrogen) atoms. The van der Waals surface area contributed by atoms with Gasteiger partial charge in [-0.1, -0.05) is 0 Å². The van der Waals surface area contributed by atoms with E-state index in [1.807, 2.05) is 6.92 Å². The van der Waals surface area contributed by atoms with Gasteiger partial charge in [0.1, 0.15) is 5.82 Å². The highest BCUT2D eigenvalue weighted by Gasteiger charge is 2.05. The monoisotopic (exact) mass is 198 g/mol. The van der Waals surface area contributed by atoms with Crippen LogP contribution in [0.25, 0.3) is 0 Å². The number of rotatable bonds is 5. The summed E-state index contributed by atoms with van der Waals surface area (Å²) in [6.07, 6.45) is 2.05. The van der Waals surface area contributed by atoms with Crippen LogP contribution in [0.4, 0.5) is 11.5 Å². The van der Waals surface area contributed by atoms with E-state index in [2.05, 4.69) is 10.4 Å². The van der Waals surface area contributed by atoms with E-state index in [4.69, 9.17) is 10.8 Å². The molecule has 1 unspecified atom stereocenters. The van der Waals surface area contributed by atoms with Crippen LogP contribution in [-0.4, -0.2) is 27.5 Å². The number of nitrogens with two attached hydrogens (primary N) is 1. The molecule has 1 aromatic rings. The Labute approximate surface area is 83.9 Å². The highest BCUT2D eigenvalue weighted by atomic mass is 16.3. The van der Waals surface area contributed by atoms with Crippen molar-refractivity contribution in [1.82, 2.24) is 9.78 Å². The Hall–Kier alpha value is -1.23. The third-order valence-electron chi connectivity index (χ3n) is 2.02. The quantitative estimate of drug-likeness (QED) is 0.650. The summed E-state index contributed by atoms with van der Waals surface area (Å²) in [5.41, 5.74) is 6.38. The Morgan fingerprint density at radius 1 is 1.71 bits per heavy atom. The third kappa shape index (κ3) is 2.63. The summed E-state index contributed by atoms with van der Waals surface area (Å²) < 4.78 is 1.80. The van der Waals surface area contributed by atoms with Crippen LogP contribution < -0.4 is 11.1 Å². The Balaban J connectivity index is 2.52. The van der Waals surface area contributed by atoms with E-state index >= 15 is 0 Å². The van der Waals surface area contributed by atoms with Crippen molar-refractivity contribution < 1.29 is 5.11 Å². The maximum absolute atomic E-state index is 9.08. The summed E-state index contributed by atoms with van der Waals surface area (Å²) in [4.78, 5) is 0. The second-order valence-electron chi connectivity index (χ2n) is 3.33. The van der Waals surface area contributed by atoms with Gasteiger partial charge in [0.25, 0.3) is 0 Å². The second-order valence-corrected chi connectivity index (χ2v) is 3.33. The molecule has 0 aliphatic rings. The van der Waals surface area contributed by atoms with E-state index in [9.17, 15) is 0 Å². The average molecular weight is 198 g/mol. The molecule has 0 aliphatic carbocycles. The number of nitrogen functional groups attached to an aromatic ring is 1. The molecule has 0 aliphatic heterocycles. The SMILES string of the molecule is CCn1ncc(N)c1NCCC(C)O. The van der Waals surface area contributed by atoms with Crippen molar-refractivity contribution in [2.24, 2.45) is 0 Å². The lowest BCUT2D eigenvalue weighted by Crippen LogP contribution is -2.13. The molecule has 0 aromatic carbocycles. The fourth-order valence-corrected chi connectivity index (χ4v) is 1.23. The number of aliphatic hydroxyl groups excluding tert-OH is 1. The number of hydrogen-bond donors (Lipinski definition) is 3. The number of hydrogen-bond acceptors (Lipinski definition) is 4. The number of nitrogens with zero attached hydrogens (tertiary/aromatic N) is 2. The average Bonchev–Trinajstić information content (AvgIpc) is 2.47. The van der Waals surface area contributed by atoms with Crippen LogP contribution in [0.1, 0.15) is 20.3 Å². The first-order chi connectivity index (χ1) is 6.65. The molecule has 0 amide bonds. The Kier molecular flexibility index (Phi) is 3.76. The van der Waals surface area contributed by atoms with Gasteiger partial charge in [0.15, 0.2) is 0 Å². The second kappa shape index (κ2) is 4.85. The van der Waals surface area contributed by atoms with E-state index in [1.165, 1.54) is 0 Å². The van der Waals surface area contributed by atoms with Gasteiger partial charge in [-0.25, -0.2) is 4.68 Å². The van der Waals surface area contributed by atoms with Crippen LogP contribution >= 0.6 is 0 Å². The number of nitrogens with one attached hydrogen (secondary N) is 1. The molecule has 0 spiro atoms. The zero-order valence-corrected chi connectivity index (χ0v) is 8.70. The lowest BCUT2D eigenvalue weighted by Gasteiger charge is -2.10. The van der Waals surface area contributed by atoms with E-state index in [1.54, 1.807) is 17.8 Å². The molecule has 1 heterocycles. The molecule has 5 nitrogen and oxygen atoms in total. The van der Waals surface area contributed by atoms with Crippen molar-refractivity contribution in [2.75, 3.05) is 17.6 Å². The van der Waals surface area contributed by atoms with Gasteiger partial charge >= 0.3 is 0 Å². The summed E-state index contributed by atoms with van der Waals surface area (Å²) in [6.45, 7) is 5.26. The summed E-state index contributed by atoms with van der Waals surface area (Å²) >= 11 is 0. The summed E-state index contributed by atoms with van der Waals surface area (Å²) in [6, 6.07) is 0. The predicted molar refractivity (Wildman–Crippen MR) is 57.1 cm³/mol. The topological polar surface area (TPSA) is 76.1 Å². The summed E-state index contributed by atoms with van der Waals surface area (Å²) in [7, 11) is 0. The molecule has 0 saturated carbocycles. The van der Waals surface area contributed by atoms with E-state index < -0.39 is 0 Å². The minimum absolute atomic E-state index is 0.290. The molecule has 0 saturated heterocycles. The molecule has 5 heteroatoms. The maximum atomic E-state index is 9.08. The minimum atomic E-state index is -0.290. The highest BCUT2D eigenvalue weighted by molar-refractivity contribution is 5.60. The van der Waals surface area contributed by atoms with E-state index in [-0.39, 0.29) is 6.10 Å². The predicted octanol–water partition coefficient (Wildman–Crippen LogP) is 0.668. The Bertz CT molecular complexity index is 282. The molecular weight excluding hydrogens is 180 g/mol. The number of aliphatic hydroxyl groups is 1. The van der Waals surface area contributed by atoms with Crippen molar-refractivity contribution in [2.45, 2.75) is 32.9 Å².